The van der Waals surface area contributed by atoms with E-state index < -0.39 is 115 Å². The van der Waals surface area contributed by atoms with Crippen LogP contribution in [0.2, 0.25) is 0 Å². The summed E-state index contributed by atoms with van der Waals surface area (Å²) in [5, 5.41) is 30.4. The topological polar surface area (TPSA) is 432 Å². The number of amides is 9. The van der Waals surface area contributed by atoms with Crippen LogP contribution in [0.1, 0.15) is 75.8 Å². The number of fused-ring (bicyclic) bond motifs is 2. The maximum Gasteiger partial charge on any atom is 0.246 e. The number of carbonyl (C=O) groups is 9. The Morgan fingerprint density at radius 1 is 0.773 bits per heavy atom. The summed E-state index contributed by atoms with van der Waals surface area (Å²) in [7, 11) is 0. The van der Waals surface area contributed by atoms with E-state index in [1.807, 2.05) is 24.3 Å². The number of guanidine groups is 2. The standard InChI is InChI=1S/C49H70N16O10/c1-27(66)59-34(16-9-19-56-48(51)52)42(70)64-38-24-40(68)55-18-8-7-15-33(41(50)69)60-45(73)37(22-29-25-58-32-14-6-5-13-31(29)32)62-43(71)35(17-10-20-57-49(53)54)61-44(72)36(21-28-11-3-2-4-12-28)63-46(74)39-23-30(67)26-65(39)47(38)75/h2-6,11-14,25,30,33-39,58,67H,7-10,15-24,26H2,1H3,(H2,50,69)(H,55,68)(H,59,66)(H,60,73)(H,61,72)(H,62,71)(H,63,74)(H,64,70)(H4,51,52,56)(H4,53,54,57)/t30?,33?,34-,35-,36+,37-,38-,39-/m0/s1. The van der Waals surface area contributed by atoms with Gasteiger partial charge in [-0.15, -0.1) is 0 Å². The van der Waals surface area contributed by atoms with Crippen molar-refractivity contribution < 1.29 is 48.3 Å². The number of benzene rings is 2. The van der Waals surface area contributed by atoms with Gasteiger partial charge in [0.1, 0.15) is 42.3 Å². The third-order valence-corrected chi connectivity index (χ3v) is 12.6. The minimum atomic E-state index is -1.65. The zero-order valence-electron chi connectivity index (χ0n) is 41.8. The highest BCUT2D eigenvalue weighted by atomic mass is 16.3. The molecule has 75 heavy (non-hydrogen) atoms. The molecule has 0 bridgehead atoms. The van der Waals surface area contributed by atoms with Crippen LogP contribution in [0.15, 0.2) is 70.8 Å². The Bertz CT molecular complexity index is 2570. The predicted octanol–water partition coefficient (Wildman–Crippen LogP) is -3.87. The number of para-hydroxylation sites is 1. The number of hydrogen-bond donors (Lipinski definition) is 14. The summed E-state index contributed by atoms with van der Waals surface area (Å²) in [6.45, 7) is 0.948. The van der Waals surface area contributed by atoms with E-state index in [-0.39, 0.29) is 95.8 Å². The predicted molar refractivity (Wildman–Crippen MR) is 276 cm³/mol. The summed E-state index contributed by atoms with van der Waals surface area (Å²) >= 11 is 0. The molecule has 2 aromatic carbocycles. The molecule has 2 aliphatic rings. The lowest BCUT2D eigenvalue weighted by Gasteiger charge is -2.30. The van der Waals surface area contributed by atoms with Crippen LogP contribution in [-0.2, 0) is 56.0 Å². The molecule has 8 atom stereocenters. The maximum absolute atomic E-state index is 14.6. The van der Waals surface area contributed by atoms with Gasteiger partial charge in [-0.05, 0) is 62.1 Å². The molecule has 26 heteroatoms. The Hall–Kier alpha value is -8.29. The fourth-order valence-electron chi connectivity index (χ4n) is 8.89. The van der Waals surface area contributed by atoms with Gasteiger partial charge in [0.2, 0.25) is 53.2 Å². The number of aliphatic hydroxyl groups excluding tert-OH is 1. The fourth-order valence-corrected chi connectivity index (χ4v) is 8.89. The molecule has 2 fully saturated rings. The number of aromatic amines is 1. The number of nitrogens with two attached hydrogens (primary N) is 5. The van der Waals surface area contributed by atoms with Crippen molar-refractivity contribution in [3.05, 3.63) is 71.9 Å². The second-order valence-corrected chi connectivity index (χ2v) is 18.6. The number of nitrogens with one attached hydrogen (secondary N) is 8. The Balaban J connectivity index is 1.53. The van der Waals surface area contributed by atoms with Crippen LogP contribution in [0, 0.1) is 0 Å². The largest absolute Gasteiger partial charge is 0.391 e. The molecule has 1 aromatic heterocycles. The van der Waals surface area contributed by atoms with Crippen LogP contribution in [-0.4, -0.2) is 155 Å². The van der Waals surface area contributed by atoms with Gasteiger partial charge in [0.25, 0.3) is 0 Å². The average Bonchev–Trinajstić information content (AvgIpc) is 3.96. The molecule has 3 heterocycles. The molecule has 0 spiro atoms. The monoisotopic (exact) mass is 1040 g/mol. The quantitative estimate of drug-likeness (QED) is 0.0371. The van der Waals surface area contributed by atoms with Crippen LogP contribution in [0.3, 0.4) is 0 Å². The second kappa shape index (κ2) is 28.2. The van der Waals surface area contributed by atoms with Crippen molar-refractivity contribution in [2.45, 2.75) is 126 Å². The lowest BCUT2D eigenvalue weighted by atomic mass is 10.0. The van der Waals surface area contributed by atoms with Gasteiger partial charge in [0, 0.05) is 69.5 Å². The van der Waals surface area contributed by atoms with Gasteiger partial charge >= 0.3 is 0 Å². The van der Waals surface area contributed by atoms with Crippen molar-refractivity contribution in [1.29, 1.82) is 0 Å². The third kappa shape index (κ3) is 18.0. The number of carbonyl (C=O) groups excluding carboxylic acids is 9. The van der Waals surface area contributed by atoms with Crippen LogP contribution in [0.4, 0.5) is 0 Å². The number of aromatic nitrogens is 1. The van der Waals surface area contributed by atoms with Crippen molar-refractivity contribution in [2.24, 2.45) is 38.7 Å². The lowest BCUT2D eigenvalue weighted by molar-refractivity contribution is -0.143. The molecule has 9 amide bonds. The molecular weight excluding hydrogens is 973 g/mol. The molecule has 19 N–H and O–H groups in total. The molecule has 26 nitrogen and oxygen atoms in total. The van der Waals surface area contributed by atoms with Crippen LogP contribution >= 0.6 is 0 Å². The first-order valence-corrected chi connectivity index (χ1v) is 24.8. The highest BCUT2D eigenvalue weighted by Gasteiger charge is 2.44. The van der Waals surface area contributed by atoms with Crippen LogP contribution in [0.25, 0.3) is 10.9 Å². The van der Waals surface area contributed by atoms with Gasteiger partial charge in [0.05, 0.1) is 12.5 Å². The zero-order valence-corrected chi connectivity index (χ0v) is 41.8. The van der Waals surface area contributed by atoms with Gasteiger partial charge in [0.15, 0.2) is 11.9 Å². The number of aliphatic imine (C=N–C) groups is 2. The molecule has 0 radical (unpaired) electrons. The van der Waals surface area contributed by atoms with E-state index in [4.69, 9.17) is 28.7 Å². The fraction of sp³-hybridized carbons (Fsp3) is 0.490. The van der Waals surface area contributed by atoms with Crippen molar-refractivity contribution in [3.63, 3.8) is 0 Å². The summed E-state index contributed by atoms with van der Waals surface area (Å²) in [6, 6.07) is 6.23. The SMILES string of the molecule is CC(=O)N[C@@H](CCCN=C(N)N)C(=O)N[C@H]1CC(=O)NCCCCC(C(N)=O)NC(=O)[C@H](Cc2c[nH]c3ccccc23)NC(=O)[C@H](CCCN=C(N)N)NC(=O)[C@@H](Cc2ccccc2)NC(=O)[C@@H]2CC(O)CN2C1=O. The summed E-state index contributed by atoms with van der Waals surface area (Å²) in [5.74, 6) is -7.63. The molecular formula is C49H70N16O10. The summed E-state index contributed by atoms with van der Waals surface area (Å²) in [4.78, 5) is 137. The number of rotatable bonds is 16. The number of primary amides is 1. The van der Waals surface area contributed by atoms with Gasteiger partial charge in [-0.3, -0.25) is 53.1 Å². The second-order valence-electron chi connectivity index (χ2n) is 18.6. The van der Waals surface area contributed by atoms with Gasteiger partial charge < -0.3 is 80.9 Å². The van der Waals surface area contributed by atoms with E-state index in [0.717, 1.165) is 15.8 Å². The van der Waals surface area contributed by atoms with E-state index in [1.165, 1.54) is 6.92 Å². The van der Waals surface area contributed by atoms with E-state index in [9.17, 15) is 48.3 Å². The molecule has 0 saturated carbocycles. The molecule has 3 aromatic rings. The summed E-state index contributed by atoms with van der Waals surface area (Å²) < 4.78 is 0. The van der Waals surface area contributed by atoms with Crippen molar-refractivity contribution in [3.8, 4) is 0 Å². The summed E-state index contributed by atoms with van der Waals surface area (Å²) in [6.07, 6.45) is 0.110. The van der Waals surface area contributed by atoms with Crippen molar-refractivity contribution in [1.82, 2.24) is 47.1 Å². The Labute approximate surface area is 432 Å². The number of aliphatic hydroxyl groups is 1. The third-order valence-electron chi connectivity index (χ3n) is 12.6. The highest BCUT2D eigenvalue weighted by molar-refractivity contribution is 5.99. The molecule has 5 rings (SSSR count). The van der Waals surface area contributed by atoms with Crippen LogP contribution in [0.5, 0.6) is 0 Å². The molecule has 406 valence electrons. The Morgan fingerprint density at radius 2 is 1.40 bits per heavy atom. The number of nitrogens with zero attached hydrogens (tertiary/aromatic N) is 3. The summed E-state index contributed by atoms with van der Waals surface area (Å²) in [5.41, 5.74) is 29.8. The first-order valence-electron chi connectivity index (χ1n) is 24.8. The Morgan fingerprint density at radius 3 is 2.09 bits per heavy atom. The van der Waals surface area contributed by atoms with E-state index in [1.54, 1.807) is 36.5 Å². The van der Waals surface area contributed by atoms with E-state index in [2.05, 4.69) is 52.2 Å². The smallest absolute Gasteiger partial charge is 0.246 e. The first kappa shape index (κ1) is 57.6. The molecule has 2 unspecified atom stereocenters. The number of H-pyrrole nitrogens is 1. The Kier molecular flexibility index (Phi) is 21.7. The van der Waals surface area contributed by atoms with Gasteiger partial charge in [-0.2, -0.15) is 0 Å². The average molecular weight is 1040 g/mol. The first-order chi connectivity index (χ1) is 35.8. The highest BCUT2D eigenvalue weighted by Crippen LogP contribution is 2.22. The van der Waals surface area contributed by atoms with E-state index >= 15 is 0 Å². The maximum atomic E-state index is 14.6. The minimum absolute atomic E-state index is 0.00748. The van der Waals surface area contributed by atoms with Crippen molar-refractivity contribution >= 4 is 76.0 Å². The number of hydrogen-bond acceptors (Lipinski definition) is 12. The molecule has 2 saturated heterocycles. The van der Waals surface area contributed by atoms with Crippen molar-refractivity contribution in [2.75, 3.05) is 26.2 Å². The normalized spacial score (nSPS) is 23.0. The lowest BCUT2D eigenvalue weighted by Crippen LogP contribution is -2.60. The van der Waals surface area contributed by atoms with E-state index in [0.29, 0.717) is 11.1 Å². The minimum Gasteiger partial charge on any atom is -0.391 e. The van der Waals surface area contributed by atoms with Gasteiger partial charge in [-0.25, -0.2) is 0 Å². The molecule has 2 aliphatic heterocycles. The zero-order chi connectivity index (χ0) is 54.6. The molecule has 0 aliphatic carbocycles. The van der Waals surface area contributed by atoms with Crippen LogP contribution < -0.4 is 65.9 Å². The van der Waals surface area contributed by atoms with Gasteiger partial charge in [-0.1, -0.05) is 48.5 Å².